The minimum atomic E-state index is -4.69. The second kappa shape index (κ2) is 8.61. The number of para-hydroxylation sites is 1. The van der Waals surface area contributed by atoms with Crippen LogP contribution in [0.3, 0.4) is 0 Å². The summed E-state index contributed by atoms with van der Waals surface area (Å²) in [7, 11) is 0. The first kappa shape index (κ1) is 21.4. The van der Waals surface area contributed by atoms with Crippen molar-refractivity contribution >= 4 is 22.6 Å². The second-order valence-electron chi connectivity index (χ2n) is 6.63. The normalized spacial score (nSPS) is 11.5. The smallest absolute Gasteiger partial charge is 0.417 e. The third-order valence-corrected chi connectivity index (χ3v) is 4.65. The summed E-state index contributed by atoms with van der Waals surface area (Å²) in [6.07, 6.45) is -3.20. The van der Waals surface area contributed by atoms with Crippen LogP contribution in [0.15, 0.2) is 51.7 Å². The van der Waals surface area contributed by atoms with Gasteiger partial charge in [0.1, 0.15) is 11.3 Å². The van der Waals surface area contributed by atoms with E-state index in [4.69, 9.17) is 9.15 Å². The van der Waals surface area contributed by atoms with Gasteiger partial charge in [-0.25, -0.2) is 4.79 Å². The van der Waals surface area contributed by atoms with Crippen LogP contribution < -0.4 is 15.7 Å². The summed E-state index contributed by atoms with van der Waals surface area (Å²) in [6, 6.07) is 9.81. The number of alkyl halides is 3. The lowest BCUT2D eigenvalue weighted by Gasteiger charge is -2.15. The maximum atomic E-state index is 13.1. The Kier molecular flexibility index (Phi) is 6.14. The monoisotopic (exact) mass is 419 g/mol. The molecular weight excluding hydrogens is 399 g/mol. The summed E-state index contributed by atoms with van der Waals surface area (Å²) >= 11 is 0. The van der Waals surface area contributed by atoms with Crippen molar-refractivity contribution < 1.29 is 27.1 Å². The Balaban J connectivity index is 1.78. The molecule has 3 aromatic rings. The van der Waals surface area contributed by atoms with Gasteiger partial charge >= 0.3 is 11.8 Å². The van der Waals surface area contributed by atoms with Crippen molar-refractivity contribution in [2.75, 3.05) is 11.9 Å². The van der Waals surface area contributed by atoms with Crippen molar-refractivity contribution in [2.45, 2.75) is 32.9 Å². The maximum absolute atomic E-state index is 13.1. The molecule has 0 radical (unpaired) electrons. The summed E-state index contributed by atoms with van der Waals surface area (Å²) < 4.78 is 49.6. The number of hydrogen-bond donors (Lipinski definition) is 1. The van der Waals surface area contributed by atoms with Gasteiger partial charge in [-0.1, -0.05) is 32.0 Å². The number of ether oxygens (including phenoxy) is 1. The van der Waals surface area contributed by atoms with E-state index < -0.39 is 23.3 Å². The zero-order chi connectivity index (χ0) is 21.9. The van der Waals surface area contributed by atoms with Crippen molar-refractivity contribution in [3.8, 4) is 5.75 Å². The molecule has 0 spiro atoms. The van der Waals surface area contributed by atoms with Crippen LogP contribution >= 0.6 is 0 Å². The molecule has 0 aliphatic carbocycles. The van der Waals surface area contributed by atoms with Gasteiger partial charge in [0.25, 0.3) is 5.91 Å². The molecule has 8 heteroatoms. The standard InChI is InChI=1S/C22H20F3NO4/c1-3-13-6-5-7-14(4-2)21(13)26-19(27)12-29-15-8-9-16-17(22(23,24)25)11-20(28)30-18(16)10-15/h5-11H,3-4,12H2,1-2H3,(H,26,27). The highest BCUT2D eigenvalue weighted by Crippen LogP contribution is 2.34. The van der Waals surface area contributed by atoms with Crippen LogP contribution in [0.25, 0.3) is 11.0 Å². The highest BCUT2D eigenvalue weighted by Gasteiger charge is 2.33. The molecule has 0 saturated carbocycles. The van der Waals surface area contributed by atoms with E-state index in [1.807, 2.05) is 32.0 Å². The van der Waals surface area contributed by atoms with Gasteiger partial charge in [-0.2, -0.15) is 13.2 Å². The van der Waals surface area contributed by atoms with Crippen LogP contribution in [0.2, 0.25) is 0 Å². The number of carbonyl (C=O) groups excluding carboxylic acids is 1. The molecule has 2 aromatic carbocycles. The number of rotatable bonds is 6. The minimum Gasteiger partial charge on any atom is -0.484 e. The number of hydrogen-bond acceptors (Lipinski definition) is 4. The Hall–Kier alpha value is -3.29. The summed E-state index contributed by atoms with van der Waals surface area (Å²) in [5, 5.41) is 2.58. The number of anilines is 1. The molecule has 5 nitrogen and oxygen atoms in total. The zero-order valence-electron chi connectivity index (χ0n) is 16.4. The Morgan fingerprint density at radius 1 is 1.07 bits per heavy atom. The SMILES string of the molecule is CCc1cccc(CC)c1NC(=O)COc1ccc2c(C(F)(F)F)cc(=O)oc2c1. The first-order chi connectivity index (χ1) is 14.2. The molecule has 0 unspecified atom stereocenters. The minimum absolute atomic E-state index is 0.111. The van der Waals surface area contributed by atoms with Gasteiger partial charge in [0, 0.05) is 23.2 Å². The van der Waals surface area contributed by atoms with Crippen LogP contribution in [0.5, 0.6) is 5.75 Å². The fourth-order valence-electron chi connectivity index (χ4n) is 3.19. The van der Waals surface area contributed by atoms with Crippen molar-refractivity contribution in [2.24, 2.45) is 0 Å². The molecule has 0 aliphatic rings. The van der Waals surface area contributed by atoms with Crippen LogP contribution in [-0.2, 0) is 23.8 Å². The lowest BCUT2D eigenvalue weighted by atomic mass is 10.0. The predicted octanol–water partition coefficient (Wildman–Crippen LogP) is 4.95. The van der Waals surface area contributed by atoms with E-state index in [9.17, 15) is 22.8 Å². The Labute approximate surface area is 170 Å². The molecule has 1 N–H and O–H groups in total. The Morgan fingerprint density at radius 3 is 2.33 bits per heavy atom. The van der Waals surface area contributed by atoms with Crippen LogP contribution in [0.1, 0.15) is 30.5 Å². The molecule has 1 amide bonds. The lowest BCUT2D eigenvalue weighted by molar-refractivity contribution is -0.136. The lowest BCUT2D eigenvalue weighted by Crippen LogP contribution is -2.21. The van der Waals surface area contributed by atoms with Gasteiger partial charge in [0.2, 0.25) is 0 Å². The summed E-state index contributed by atoms with van der Waals surface area (Å²) in [6.45, 7) is 3.62. The van der Waals surface area contributed by atoms with E-state index in [-0.39, 0.29) is 23.3 Å². The predicted molar refractivity (Wildman–Crippen MR) is 107 cm³/mol. The molecule has 1 heterocycles. The molecule has 0 aliphatic heterocycles. The van der Waals surface area contributed by atoms with Gasteiger partial charge in [-0.3, -0.25) is 4.79 Å². The molecule has 158 valence electrons. The first-order valence-electron chi connectivity index (χ1n) is 9.41. The van der Waals surface area contributed by atoms with Gasteiger partial charge < -0.3 is 14.5 Å². The first-order valence-corrected chi connectivity index (χ1v) is 9.41. The largest absolute Gasteiger partial charge is 0.484 e. The molecule has 0 fully saturated rings. The molecule has 1 aromatic heterocycles. The van der Waals surface area contributed by atoms with Gasteiger partial charge in [0.05, 0.1) is 5.56 Å². The third kappa shape index (κ3) is 4.64. The van der Waals surface area contributed by atoms with Crippen LogP contribution in [0, 0.1) is 0 Å². The van der Waals surface area contributed by atoms with E-state index in [1.165, 1.54) is 6.07 Å². The summed E-state index contributed by atoms with van der Waals surface area (Å²) in [5.74, 6) is -0.296. The Morgan fingerprint density at radius 2 is 1.73 bits per heavy atom. The maximum Gasteiger partial charge on any atom is 0.417 e. The fourth-order valence-corrected chi connectivity index (χ4v) is 3.19. The van der Waals surface area contributed by atoms with E-state index in [1.54, 1.807) is 0 Å². The third-order valence-electron chi connectivity index (χ3n) is 4.65. The van der Waals surface area contributed by atoms with Crippen molar-refractivity contribution in [1.82, 2.24) is 0 Å². The van der Waals surface area contributed by atoms with Gasteiger partial charge in [-0.15, -0.1) is 0 Å². The molecular formula is C22H20F3NO4. The number of carbonyl (C=O) groups is 1. The van der Waals surface area contributed by atoms with Crippen LogP contribution in [-0.4, -0.2) is 12.5 Å². The van der Waals surface area contributed by atoms with Crippen LogP contribution in [0.4, 0.5) is 18.9 Å². The highest BCUT2D eigenvalue weighted by molar-refractivity contribution is 5.93. The topological polar surface area (TPSA) is 68.5 Å². The van der Waals surface area contributed by atoms with Gasteiger partial charge in [0.15, 0.2) is 6.61 Å². The fraction of sp³-hybridized carbons (Fsp3) is 0.273. The molecule has 3 rings (SSSR count). The van der Waals surface area contributed by atoms with Crippen molar-refractivity contribution in [1.29, 1.82) is 0 Å². The number of benzene rings is 2. The van der Waals surface area contributed by atoms with E-state index in [2.05, 4.69) is 5.32 Å². The molecule has 30 heavy (non-hydrogen) atoms. The van der Waals surface area contributed by atoms with E-state index in [0.29, 0.717) is 6.07 Å². The number of nitrogens with one attached hydrogen (secondary N) is 1. The van der Waals surface area contributed by atoms with E-state index in [0.717, 1.165) is 41.8 Å². The zero-order valence-corrected chi connectivity index (χ0v) is 16.4. The molecule has 0 saturated heterocycles. The van der Waals surface area contributed by atoms with Crippen molar-refractivity contribution in [3.63, 3.8) is 0 Å². The number of aryl methyl sites for hydroxylation is 2. The average Bonchev–Trinajstić information content (AvgIpc) is 2.70. The highest BCUT2D eigenvalue weighted by atomic mass is 19.4. The summed E-state index contributed by atoms with van der Waals surface area (Å²) in [5.41, 5.74) is 0.270. The number of amides is 1. The quantitative estimate of drug-likeness (QED) is 0.574. The second-order valence-corrected chi connectivity index (χ2v) is 6.63. The Bertz CT molecular complexity index is 1110. The van der Waals surface area contributed by atoms with Gasteiger partial charge in [-0.05, 0) is 36.1 Å². The number of fused-ring (bicyclic) bond motifs is 1. The molecule has 0 bridgehead atoms. The molecule has 0 atom stereocenters. The number of halogens is 3. The average molecular weight is 419 g/mol. The summed E-state index contributed by atoms with van der Waals surface area (Å²) in [4.78, 5) is 23.8. The van der Waals surface area contributed by atoms with E-state index >= 15 is 0 Å². The van der Waals surface area contributed by atoms with Crippen molar-refractivity contribution in [3.05, 3.63) is 69.6 Å².